The topological polar surface area (TPSA) is 55.4 Å². The van der Waals surface area contributed by atoms with E-state index in [4.69, 9.17) is 4.74 Å². The quantitative estimate of drug-likeness (QED) is 0.866. The molecule has 2 aliphatic rings. The zero-order chi connectivity index (χ0) is 13.4. The number of esters is 1. The Morgan fingerprint density at radius 3 is 2.84 bits per heavy atom. The van der Waals surface area contributed by atoms with Crippen molar-refractivity contribution in [3.63, 3.8) is 0 Å². The minimum Gasteiger partial charge on any atom is -0.465 e. The van der Waals surface area contributed by atoms with Crippen LogP contribution in [0.1, 0.15) is 35.4 Å². The van der Waals surface area contributed by atoms with Gasteiger partial charge in [0.25, 0.3) is 0 Å². The number of carbonyl (C=O) groups is 2. The van der Waals surface area contributed by atoms with E-state index in [0.29, 0.717) is 16.5 Å². The lowest BCUT2D eigenvalue weighted by molar-refractivity contribution is -0.121. The molecule has 2 fully saturated rings. The number of ether oxygens (including phenoxy) is 1. The third-order valence-corrected chi connectivity index (χ3v) is 5.26. The van der Waals surface area contributed by atoms with Crippen LogP contribution in [0.15, 0.2) is 11.4 Å². The van der Waals surface area contributed by atoms with E-state index in [0.717, 1.165) is 12.3 Å². The summed E-state index contributed by atoms with van der Waals surface area (Å²) in [5.41, 5.74) is 0.588. The van der Waals surface area contributed by atoms with Crippen LogP contribution in [-0.4, -0.2) is 19.0 Å². The van der Waals surface area contributed by atoms with Crippen molar-refractivity contribution in [2.45, 2.75) is 25.7 Å². The maximum absolute atomic E-state index is 12.3. The maximum atomic E-state index is 12.3. The van der Waals surface area contributed by atoms with Gasteiger partial charge in [-0.3, -0.25) is 4.79 Å². The van der Waals surface area contributed by atoms with Gasteiger partial charge in [0.15, 0.2) is 0 Å². The first-order valence-corrected chi connectivity index (χ1v) is 7.53. The van der Waals surface area contributed by atoms with E-state index in [9.17, 15) is 9.59 Å². The van der Waals surface area contributed by atoms with E-state index in [-0.39, 0.29) is 11.8 Å². The van der Waals surface area contributed by atoms with Gasteiger partial charge >= 0.3 is 5.97 Å². The first-order chi connectivity index (χ1) is 9.19. The van der Waals surface area contributed by atoms with Crippen LogP contribution in [0.25, 0.3) is 0 Å². The summed E-state index contributed by atoms with van der Waals surface area (Å²) in [6.45, 7) is 0. The summed E-state index contributed by atoms with van der Waals surface area (Å²) in [5, 5.41) is 4.70. The number of amides is 1. The monoisotopic (exact) mass is 279 g/mol. The van der Waals surface area contributed by atoms with Crippen LogP contribution in [0.5, 0.6) is 0 Å². The van der Waals surface area contributed by atoms with Gasteiger partial charge in [-0.25, -0.2) is 4.79 Å². The van der Waals surface area contributed by atoms with E-state index in [1.54, 1.807) is 11.4 Å². The molecule has 2 bridgehead atoms. The number of hydrogen-bond donors (Lipinski definition) is 1. The number of anilines is 1. The average molecular weight is 279 g/mol. The lowest BCUT2D eigenvalue weighted by Crippen LogP contribution is -2.27. The Hall–Kier alpha value is -1.36. The number of carbonyl (C=O) groups excluding carboxylic acids is 2. The van der Waals surface area contributed by atoms with Crippen LogP contribution in [0.2, 0.25) is 0 Å². The summed E-state index contributed by atoms with van der Waals surface area (Å²) in [6, 6.07) is 1.77. The van der Waals surface area contributed by atoms with Crippen molar-refractivity contribution >= 4 is 28.9 Å². The zero-order valence-electron chi connectivity index (χ0n) is 10.8. The summed E-state index contributed by atoms with van der Waals surface area (Å²) < 4.78 is 4.71. The molecule has 0 saturated heterocycles. The summed E-state index contributed by atoms with van der Waals surface area (Å²) >= 11 is 1.29. The molecule has 0 aromatic carbocycles. The first-order valence-electron chi connectivity index (χ1n) is 6.65. The Morgan fingerprint density at radius 1 is 1.37 bits per heavy atom. The third-order valence-electron chi connectivity index (χ3n) is 4.37. The van der Waals surface area contributed by atoms with Crippen molar-refractivity contribution in [3.05, 3.63) is 16.3 Å². The van der Waals surface area contributed by atoms with E-state index >= 15 is 0 Å². The number of thiophene rings is 1. The average Bonchev–Trinajstić information content (AvgIpc) is 3.13. The van der Waals surface area contributed by atoms with Gasteiger partial charge in [-0.2, -0.15) is 0 Å². The molecule has 0 radical (unpaired) electrons. The van der Waals surface area contributed by atoms with Gasteiger partial charge in [-0.15, -0.1) is 11.3 Å². The van der Waals surface area contributed by atoms with Gasteiger partial charge in [0.2, 0.25) is 5.91 Å². The highest BCUT2D eigenvalue weighted by molar-refractivity contribution is 7.12. The van der Waals surface area contributed by atoms with Gasteiger partial charge in [0, 0.05) is 5.92 Å². The van der Waals surface area contributed by atoms with E-state index in [1.807, 2.05) is 0 Å². The summed E-state index contributed by atoms with van der Waals surface area (Å²) in [5.74, 6) is 1.09. The molecular formula is C14H17NO3S. The second-order valence-electron chi connectivity index (χ2n) is 5.43. The van der Waals surface area contributed by atoms with E-state index < -0.39 is 5.97 Å². The minimum absolute atomic E-state index is 0.0655. The Bertz CT molecular complexity index is 511. The van der Waals surface area contributed by atoms with Crippen LogP contribution in [0, 0.1) is 17.8 Å². The number of fused-ring (bicyclic) bond motifs is 2. The van der Waals surface area contributed by atoms with Crippen LogP contribution in [0.4, 0.5) is 5.69 Å². The Labute approximate surface area is 116 Å². The molecule has 0 spiro atoms. The normalized spacial score (nSPS) is 28.4. The summed E-state index contributed by atoms with van der Waals surface area (Å²) in [6.07, 6.45) is 4.66. The lowest BCUT2D eigenvalue weighted by atomic mass is 9.88. The van der Waals surface area contributed by atoms with Crippen molar-refractivity contribution in [2.75, 3.05) is 12.4 Å². The van der Waals surface area contributed by atoms with Crippen LogP contribution in [-0.2, 0) is 9.53 Å². The third kappa shape index (κ3) is 2.27. The number of methoxy groups -OCH3 is 1. The lowest BCUT2D eigenvalue weighted by Gasteiger charge is -2.20. The molecule has 19 heavy (non-hydrogen) atoms. The van der Waals surface area contributed by atoms with Gasteiger partial charge < -0.3 is 10.1 Å². The summed E-state index contributed by atoms with van der Waals surface area (Å²) in [4.78, 5) is 24.3. The zero-order valence-corrected chi connectivity index (χ0v) is 11.7. The SMILES string of the molecule is COC(=O)c1sccc1NC(=O)[C@@H]1C[C@H]2CC[C@H]1C2. The second-order valence-corrected chi connectivity index (χ2v) is 6.34. The maximum Gasteiger partial charge on any atom is 0.350 e. The van der Waals surface area contributed by atoms with E-state index in [2.05, 4.69) is 5.32 Å². The molecule has 4 nitrogen and oxygen atoms in total. The molecular weight excluding hydrogens is 262 g/mol. The highest BCUT2D eigenvalue weighted by Gasteiger charge is 2.43. The fourth-order valence-corrected chi connectivity index (χ4v) is 4.22. The molecule has 0 aliphatic heterocycles. The van der Waals surface area contributed by atoms with E-state index in [1.165, 1.54) is 37.7 Å². The molecule has 1 N–H and O–H groups in total. The molecule has 1 heterocycles. The number of nitrogens with one attached hydrogen (secondary N) is 1. The van der Waals surface area contributed by atoms with Gasteiger partial charge in [0.1, 0.15) is 4.88 Å². The molecule has 1 aromatic rings. The van der Waals surface area contributed by atoms with Crippen LogP contribution < -0.4 is 5.32 Å². The number of rotatable bonds is 3. The van der Waals surface area contributed by atoms with Crippen LogP contribution >= 0.6 is 11.3 Å². The molecule has 5 heteroatoms. The van der Waals surface area contributed by atoms with Crippen molar-refractivity contribution in [1.29, 1.82) is 0 Å². The molecule has 1 aromatic heterocycles. The molecule has 2 saturated carbocycles. The predicted octanol–water partition coefficient (Wildman–Crippen LogP) is 2.91. The van der Waals surface area contributed by atoms with Crippen molar-refractivity contribution in [2.24, 2.45) is 17.8 Å². The number of hydrogen-bond acceptors (Lipinski definition) is 4. The molecule has 2 aliphatic carbocycles. The molecule has 1 amide bonds. The van der Waals surface area contributed by atoms with Crippen molar-refractivity contribution in [1.82, 2.24) is 0 Å². The standard InChI is InChI=1S/C14H17NO3S/c1-18-14(17)12-11(4-5-19-12)15-13(16)10-7-8-2-3-9(10)6-8/h4-5,8-10H,2-3,6-7H2,1H3,(H,15,16)/t8-,9-,10+/m0/s1. The Balaban J connectivity index is 1.70. The fourth-order valence-electron chi connectivity index (χ4n) is 3.45. The Morgan fingerprint density at radius 2 is 2.21 bits per heavy atom. The predicted molar refractivity (Wildman–Crippen MR) is 73.2 cm³/mol. The Kier molecular flexibility index (Phi) is 3.31. The molecule has 102 valence electrons. The molecule has 3 atom stereocenters. The molecule has 0 unspecified atom stereocenters. The summed E-state index contributed by atoms with van der Waals surface area (Å²) in [7, 11) is 1.35. The van der Waals surface area contributed by atoms with Crippen molar-refractivity contribution < 1.29 is 14.3 Å². The highest BCUT2D eigenvalue weighted by Crippen LogP contribution is 2.48. The minimum atomic E-state index is -0.391. The van der Waals surface area contributed by atoms with Gasteiger partial charge in [0.05, 0.1) is 12.8 Å². The first kappa shape index (κ1) is 12.7. The smallest absolute Gasteiger partial charge is 0.350 e. The highest BCUT2D eigenvalue weighted by atomic mass is 32.1. The van der Waals surface area contributed by atoms with Crippen molar-refractivity contribution in [3.8, 4) is 0 Å². The van der Waals surface area contributed by atoms with Gasteiger partial charge in [-0.05, 0) is 42.5 Å². The van der Waals surface area contributed by atoms with Gasteiger partial charge in [-0.1, -0.05) is 6.42 Å². The largest absolute Gasteiger partial charge is 0.465 e. The van der Waals surface area contributed by atoms with Crippen LogP contribution in [0.3, 0.4) is 0 Å². The fraction of sp³-hybridized carbons (Fsp3) is 0.571. The molecule has 3 rings (SSSR count). The second kappa shape index (κ2) is 4.96.